The van der Waals surface area contributed by atoms with Crippen molar-refractivity contribution in [2.24, 2.45) is 5.92 Å². The van der Waals surface area contributed by atoms with Crippen molar-refractivity contribution >= 4 is 40.9 Å². The van der Waals surface area contributed by atoms with Gasteiger partial charge in [0.15, 0.2) is 0 Å². The summed E-state index contributed by atoms with van der Waals surface area (Å²) in [7, 11) is 1.26. The Balaban J connectivity index is 1.63. The van der Waals surface area contributed by atoms with E-state index in [1.54, 1.807) is 62.4 Å². The highest BCUT2D eigenvalue weighted by Crippen LogP contribution is 2.23. The second-order valence-corrected chi connectivity index (χ2v) is 7.84. The maximum Gasteiger partial charge on any atom is 0.328 e. The van der Waals surface area contributed by atoms with Crippen molar-refractivity contribution in [3.05, 3.63) is 65.4 Å². The quantitative estimate of drug-likeness (QED) is 0.435. The van der Waals surface area contributed by atoms with Crippen molar-refractivity contribution in [2.45, 2.75) is 19.9 Å². The van der Waals surface area contributed by atoms with Crippen molar-refractivity contribution in [1.29, 1.82) is 0 Å². The summed E-state index contributed by atoms with van der Waals surface area (Å²) >= 11 is 6.04. The van der Waals surface area contributed by atoms with Gasteiger partial charge >= 0.3 is 12.0 Å². The van der Waals surface area contributed by atoms with Gasteiger partial charge in [-0.25, -0.2) is 9.59 Å². The molecule has 1 aromatic heterocycles. The van der Waals surface area contributed by atoms with Gasteiger partial charge in [-0.3, -0.25) is 4.79 Å². The maximum atomic E-state index is 12.5. The van der Waals surface area contributed by atoms with Gasteiger partial charge in [0.1, 0.15) is 11.7 Å². The summed E-state index contributed by atoms with van der Waals surface area (Å²) in [4.78, 5) is 36.5. The number of methoxy groups -OCH3 is 1. The summed E-state index contributed by atoms with van der Waals surface area (Å²) in [6.07, 6.45) is 0. The predicted molar refractivity (Wildman–Crippen MR) is 124 cm³/mol. The second-order valence-electron chi connectivity index (χ2n) is 7.43. The van der Waals surface area contributed by atoms with Crippen LogP contribution in [-0.2, 0) is 9.53 Å². The van der Waals surface area contributed by atoms with E-state index in [9.17, 15) is 14.4 Å². The molecular weight excluding hydrogens is 448 g/mol. The van der Waals surface area contributed by atoms with Crippen LogP contribution in [0.2, 0.25) is 5.02 Å². The zero-order valence-corrected chi connectivity index (χ0v) is 19.0. The molecule has 2 aromatic carbocycles. The Morgan fingerprint density at radius 3 is 2.36 bits per heavy atom. The van der Waals surface area contributed by atoms with Gasteiger partial charge in [0, 0.05) is 17.3 Å². The number of anilines is 2. The molecule has 10 heteroatoms. The Morgan fingerprint density at radius 2 is 1.73 bits per heavy atom. The van der Waals surface area contributed by atoms with Crippen LogP contribution in [0.15, 0.2) is 59.1 Å². The number of ether oxygens (including phenoxy) is 1. The molecule has 0 aliphatic carbocycles. The Bertz CT molecular complexity index is 1140. The van der Waals surface area contributed by atoms with Crippen LogP contribution in [0.4, 0.5) is 16.2 Å². The van der Waals surface area contributed by atoms with E-state index in [0.717, 1.165) is 0 Å². The molecular formula is C23H23ClN4O5. The van der Waals surface area contributed by atoms with Crippen molar-refractivity contribution in [2.75, 3.05) is 17.7 Å². The van der Waals surface area contributed by atoms with E-state index < -0.39 is 23.9 Å². The minimum Gasteiger partial charge on any atom is -0.467 e. The number of rotatable bonds is 7. The molecule has 0 bridgehead atoms. The van der Waals surface area contributed by atoms with Crippen LogP contribution in [0.1, 0.15) is 24.4 Å². The Labute approximate surface area is 195 Å². The van der Waals surface area contributed by atoms with Gasteiger partial charge in [-0.2, -0.15) is 0 Å². The van der Waals surface area contributed by atoms with E-state index in [2.05, 4.69) is 21.1 Å². The third-order valence-corrected chi connectivity index (χ3v) is 5.03. The minimum absolute atomic E-state index is 0.0409. The van der Waals surface area contributed by atoms with Crippen LogP contribution in [-0.4, -0.2) is 36.2 Å². The van der Waals surface area contributed by atoms with E-state index in [-0.39, 0.29) is 11.7 Å². The highest BCUT2D eigenvalue weighted by Gasteiger charge is 2.27. The number of nitrogens with zero attached hydrogens (tertiary/aromatic N) is 1. The Morgan fingerprint density at radius 1 is 1.03 bits per heavy atom. The first-order valence-electron chi connectivity index (χ1n) is 10.1. The van der Waals surface area contributed by atoms with Crippen LogP contribution in [0.5, 0.6) is 0 Å². The minimum atomic E-state index is -0.807. The number of hydrogen-bond donors (Lipinski definition) is 3. The summed E-state index contributed by atoms with van der Waals surface area (Å²) in [5.74, 6) is -1.33. The predicted octanol–water partition coefficient (Wildman–Crippen LogP) is 4.57. The summed E-state index contributed by atoms with van der Waals surface area (Å²) < 4.78 is 9.86. The number of amides is 3. The van der Waals surface area contributed by atoms with Crippen molar-refractivity contribution in [3.63, 3.8) is 0 Å². The summed E-state index contributed by atoms with van der Waals surface area (Å²) in [5, 5.41) is 12.3. The molecule has 0 saturated carbocycles. The maximum absolute atomic E-state index is 12.5. The number of halogens is 1. The van der Waals surface area contributed by atoms with E-state index in [4.69, 9.17) is 20.9 Å². The molecule has 0 radical (unpaired) electrons. The third-order valence-electron chi connectivity index (χ3n) is 4.70. The van der Waals surface area contributed by atoms with Gasteiger partial charge in [0.05, 0.1) is 17.8 Å². The Hall–Kier alpha value is -3.85. The molecule has 3 N–H and O–H groups in total. The smallest absolute Gasteiger partial charge is 0.328 e. The number of carbonyl (C=O) groups is 3. The van der Waals surface area contributed by atoms with Gasteiger partial charge in [0.25, 0.3) is 5.91 Å². The molecule has 0 fully saturated rings. The molecule has 0 unspecified atom stereocenters. The van der Waals surface area contributed by atoms with Gasteiger partial charge in [-0.1, -0.05) is 54.9 Å². The van der Waals surface area contributed by atoms with Gasteiger partial charge in [-0.15, -0.1) is 0 Å². The van der Waals surface area contributed by atoms with E-state index in [0.29, 0.717) is 27.7 Å². The number of hydrogen-bond acceptors (Lipinski definition) is 6. The molecule has 3 amide bonds. The first kappa shape index (κ1) is 23.8. The van der Waals surface area contributed by atoms with E-state index in [1.165, 1.54) is 13.2 Å². The summed E-state index contributed by atoms with van der Waals surface area (Å²) in [6.45, 7) is 3.58. The van der Waals surface area contributed by atoms with E-state index >= 15 is 0 Å². The molecule has 1 heterocycles. The second kappa shape index (κ2) is 10.6. The molecule has 1 atom stereocenters. The molecule has 0 saturated heterocycles. The number of esters is 1. The molecule has 0 spiro atoms. The number of urea groups is 1. The lowest BCUT2D eigenvalue weighted by Crippen LogP contribution is -2.44. The highest BCUT2D eigenvalue weighted by molar-refractivity contribution is 6.33. The number of carbonyl (C=O) groups excluding carboxylic acids is 3. The van der Waals surface area contributed by atoms with Crippen molar-refractivity contribution in [1.82, 2.24) is 10.5 Å². The lowest BCUT2D eigenvalue weighted by Gasteiger charge is -2.18. The van der Waals surface area contributed by atoms with Crippen molar-refractivity contribution < 1.29 is 23.6 Å². The zero-order valence-electron chi connectivity index (χ0n) is 18.2. The fraction of sp³-hybridized carbons (Fsp3) is 0.217. The monoisotopic (exact) mass is 470 g/mol. The molecule has 0 aliphatic rings. The largest absolute Gasteiger partial charge is 0.467 e. The average Bonchev–Trinajstić information content (AvgIpc) is 3.29. The molecule has 33 heavy (non-hydrogen) atoms. The standard InChI is InChI=1S/C23H23ClN4O5/c1-13(2)20(22(30)32-3)27-21(29)19-12-18(28-33-19)14-8-10-15(11-9-14)25-23(31)26-17-7-5-4-6-16(17)24/h4-13,20H,1-3H3,(H,27,29)(H2,25,26,31)/t20-/m1/s1. The molecule has 0 aliphatic heterocycles. The third kappa shape index (κ3) is 6.11. The van der Waals surface area contributed by atoms with Crippen LogP contribution < -0.4 is 16.0 Å². The molecule has 172 valence electrons. The van der Waals surface area contributed by atoms with Crippen LogP contribution in [0.25, 0.3) is 11.3 Å². The van der Waals surface area contributed by atoms with Crippen molar-refractivity contribution in [3.8, 4) is 11.3 Å². The SMILES string of the molecule is COC(=O)[C@H](NC(=O)c1cc(-c2ccc(NC(=O)Nc3ccccc3Cl)cc2)no1)C(C)C. The normalized spacial score (nSPS) is 11.5. The fourth-order valence-electron chi connectivity index (χ4n) is 2.93. The Kier molecular flexibility index (Phi) is 7.68. The number of para-hydroxylation sites is 1. The van der Waals surface area contributed by atoms with Gasteiger partial charge < -0.3 is 25.2 Å². The molecule has 9 nitrogen and oxygen atoms in total. The first-order valence-corrected chi connectivity index (χ1v) is 10.4. The molecule has 3 rings (SSSR count). The van der Waals surface area contributed by atoms with E-state index in [1.807, 2.05) is 0 Å². The topological polar surface area (TPSA) is 123 Å². The number of aromatic nitrogens is 1. The molecule has 3 aromatic rings. The first-order chi connectivity index (χ1) is 15.8. The summed E-state index contributed by atoms with van der Waals surface area (Å²) in [5.41, 5.74) is 2.13. The lowest BCUT2D eigenvalue weighted by molar-refractivity contribution is -0.144. The lowest BCUT2D eigenvalue weighted by atomic mass is 10.0. The van der Waals surface area contributed by atoms with Gasteiger partial charge in [0.2, 0.25) is 5.76 Å². The zero-order chi connectivity index (χ0) is 24.0. The number of benzene rings is 2. The summed E-state index contributed by atoms with van der Waals surface area (Å²) in [6, 6.07) is 13.9. The number of nitrogens with one attached hydrogen (secondary N) is 3. The van der Waals surface area contributed by atoms with Crippen LogP contribution >= 0.6 is 11.6 Å². The fourth-order valence-corrected chi connectivity index (χ4v) is 3.11. The van der Waals surface area contributed by atoms with Crippen LogP contribution in [0.3, 0.4) is 0 Å². The highest BCUT2D eigenvalue weighted by atomic mass is 35.5. The van der Waals surface area contributed by atoms with Crippen LogP contribution in [0, 0.1) is 5.92 Å². The van der Waals surface area contributed by atoms with Gasteiger partial charge in [-0.05, 0) is 30.2 Å². The average molecular weight is 471 g/mol.